The van der Waals surface area contributed by atoms with E-state index in [1.54, 1.807) is 24.3 Å². The first-order valence-electron chi connectivity index (χ1n) is 14.2. The minimum absolute atomic E-state index is 0.0133. The van der Waals surface area contributed by atoms with E-state index in [1.165, 1.54) is 29.2 Å². The fraction of sp³-hybridized carbons (Fsp3) is 0.375. The van der Waals surface area contributed by atoms with E-state index in [2.05, 4.69) is 5.32 Å². The molecule has 1 N–H and O–H groups in total. The van der Waals surface area contributed by atoms with Crippen molar-refractivity contribution in [3.63, 3.8) is 0 Å². The average molecular weight is 614 g/mol. The molecule has 3 aromatic rings. The normalized spacial score (nSPS) is 12.7. The van der Waals surface area contributed by atoms with Crippen LogP contribution in [0.1, 0.15) is 51.7 Å². The van der Waals surface area contributed by atoms with E-state index in [0.29, 0.717) is 23.8 Å². The van der Waals surface area contributed by atoms with Crippen LogP contribution in [0.5, 0.6) is 5.75 Å². The molecule has 0 saturated carbocycles. The van der Waals surface area contributed by atoms with Gasteiger partial charge in [0.15, 0.2) is 0 Å². The van der Waals surface area contributed by atoms with E-state index in [9.17, 15) is 18.0 Å². The highest BCUT2D eigenvalue weighted by Gasteiger charge is 2.34. The third-order valence-electron chi connectivity index (χ3n) is 7.11. The minimum atomic E-state index is -4.20. The molecule has 10 heteroatoms. The third kappa shape index (κ3) is 8.26. The zero-order valence-electron chi connectivity index (χ0n) is 24.8. The van der Waals surface area contributed by atoms with E-state index in [1.807, 2.05) is 58.9 Å². The molecule has 42 heavy (non-hydrogen) atoms. The highest BCUT2D eigenvalue weighted by Crippen LogP contribution is 2.28. The molecule has 0 spiro atoms. The molecule has 226 valence electrons. The summed E-state index contributed by atoms with van der Waals surface area (Å²) in [5.74, 6) is -0.205. The monoisotopic (exact) mass is 613 g/mol. The fourth-order valence-corrected chi connectivity index (χ4v) is 6.01. The number of aryl methyl sites for hydroxylation is 1. The smallest absolute Gasteiger partial charge is 0.264 e. The molecule has 0 radical (unpaired) electrons. The second kappa shape index (κ2) is 15.1. The Balaban J connectivity index is 2.07. The molecule has 2 atom stereocenters. The largest absolute Gasteiger partial charge is 0.494 e. The van der Waals surface area contributed by atoms with Crippen LogP contribution in [-0.4, -0.2) is 50.4 Å². The summed E-state index contributed by atoms with van der Waals surface area (Å²) in [7, 11) is -4.20. The summed E-state index contributed by atoms with van der Waals surface area (Å²) in [6.45, 7) is 9.60. The number of carbonyl (C=O) groups excluding carboxylic acids is 2. The summed E-state index contributed by atoms with van der Waals surface area (Å²) in [6, 6.07) is 19.1. The van der Waals surface area contributed by atoms with Gasteiger partial charge in [0.05, 0.1) is 17.2 Å². The summed E-state index contributed by atoms with van der Waals surface area (Å²) < 4.78 is 34.6. The van der Waals surface area contributed by atoms with Crippen molar-refractivity contribution in [3.05, 3.63) is 88.9 Å². The predicted molar refractivity (Wildman–Crippen MR) is 167 cm³/mol. The SMILES string of the molecule is CCOc1ccc(N(CC(=O)N(Cc2ccccc2C)[C@H](CC)C(=O)N[C@@H](C)CC)S(=O)(=O)c2ccc(Cl)cc2)cc1. The lowest BCUT2D eigenvalue weighted by Gasteiger charge is -2.34. The molecular formula is C32H40ClN3O5S. The van der Waals surface area contributed by atoms with Crippen LogP contribution >= 0.6 is 11.6 Å². The number of carbonyl (C=O) groups is 2. The molecule has 0 aliphatic rings. The zero-order chi connectivity index (χ0) is 30.9. The van der Waals surface area contributed by atoms with Crippen molar-refractivity contribution in [2.75, 3.05) is 17.5 Å². The summed E-state index contributed by atoms with van der Waals surface area (Å²) in [5, 5.41) is 3.38. The van der Waals surface area contributed by atoms with E-state index in [-0.39, 0.29) is 29.1 Å². The number of benzene rings is 3. The Hall–Kier alpha value is -3.56. The topological polar surface area (TPSA) is 96.0 Å². The van der Waals surface area contributed by atoms with E-state index < -0.39 is 28.5 Å². The molecule has 0 aromatic heterocycles. The second-order valence-corrected chi connectivity index (χ2v) is 12.4. The van der Waals surface area contributed by atoms with Crippen LogP contribution < -0.4 is 14.4 Å². The van der Waals surface area contributed by atoms with Gasteiger partial charge in [0.25, 0.3) is 10.0 Å². The highest BCUT2D eigenvalue weighted by molar-refractivity contribution is 7.92. The maximum Gasteiger partial charge on any atom is 0.264 e. The van der Waals surface area contributed by atoms with Crippen LogP contribution in [0.3, 0.4) is 0 Å². The Kier molecular flexibility index (Phi) is 11.8. The molecule has 0 unspecified atom stereocenters. The van der Waals surface area contributed by atoms with Crippen molar-refractivity contribution in [3.8, 4) is 5.75 Å². The third-order valence-corrected chi connectivity index (χ3v) is 9.15. The lowest BCUT2D eigenvalue weighted by molar-refractivity contribution is -0.140. The molecule has 0 aliphatic carbocycles. The summed E-state index contributed by atoms with van der Waals surface area (Å²) in [6.07, 6.45) is 1.09. The van der Waals surface area contributed by atoms with Crippen molar-refractivity contribution >= 4 is 39.1 Å². The molecular weight excluding hydrogens is 574 g/mol. The van der Waals surface area contributed by atoms with Crippen LogP contribution in [0.2, 0.25) is 5.02 Å². The predicted octanol–water partition coefficient (Wildman–Crippen LogP) is 5.96. The Morgan fingerprint density at radius 2 is 1.57 bits per heavy atom. The highest BCUT2D eigenvalue weighted by atomic mass is 35.5. The maximum absolute atomic E-state index is 14.2. The molecule has 0 saturated heterocycles. The number of anilines is 1. The van der Waals surface area contributed by atoms with Crippen molar-refractivity contribution in [2.45, 2.75) is 71.0 Å². The van der Waals surface area contributed by atoms with Crippen molar-refractivity contribution < 1.29 is 22.7 Å². The van der Waals surface area contributed by atoms with Crippen LogP contribution in [-0.2, 0) is 26.2 Å². The number of amides is 2. The Labute approximate surface area is 254 Å². The lowest BCUT2D eigenvalue weighted by atomic mass is 10.1. The number of hydrogen-bond acceptors (Lipinski definition) is 5. The van der Waals surface area contributed by atoms with Gasteiger partial charge in [-0.25, -0.2) is 8.42 Å². The van der Waals surface area contributed by atoms with E-state index in [4.69, 9.17) is 16.3 Å². The summed E-state index contributed by atoms with van der Waals surface area (Å²) >= 11 is 6.03. The van der Waals surface area contributed by atoms with Gasteiger partial charge in [0, 0.05) is 17.6 Å². The number of hydrogen-bond donors (Lipinski definition) is 1. The molecule has 0 aliphatic heterocycles. The first-order valence-corrected chi connectivity index (χ1v) is 16.0. The van der Waals surface area contributed by atoms with E-state index in [0.717, 1.165) is 21.9 Å². The second-order valence-electron chi connectivity index (χ2n) is 10.1. The zero-order valence-corrected chi connectivity index (χ0v) is 26.4. The molecule has 3 rings (SSSR count). The Bertz CT molecular complexity index is 1450. The van der Waals surface area contributed by atoms with Gasteiger partial charge >= 0.3 is 0 Å². The number of nitrogens with one attached hydrogen (secondary N) is 1. The lowest BCUT2D eigenvalue weighted by Crippen LogP contribution is -2.53. The summed E-state index contributed by atoms with van der Waals surface area (Å²) in [4.78, 5) is 29.1. The molecule has 8 nitrogen and oxygen atoms in total. The van der Waals surface area contributed by atoms with Crippen LogP contribution in [0, 0.1) is 6.92 Å². The Morgan fingerprint density at radius 1 is 0.929 bits per heavy atom. The standard InChI is InChI=1S/C32H40ClN3O5S/c1-6-24(5)34-32(38)30(7-2)35(21-25-12-10-9-11-23(25)4)31(37)22-36(27-15-17-28(18-16-27)41-8-3)42(39,40)29-19-13-26(33)14-20-29/h9-20,24,30H,6-8,21-22H2,1-5H3,(H,34,38)/t24-,30+/m0/s1. The van der Waals surface area contributed by atoms with E-state index >= 15 is 0 Å². The number of sulfonamides is 1. The molecule has 2 amide bonds. The molecule has 3 aromatic carbocycles. The van der Waals surface area contributed by atoms with Gasteiger partial charge in [-0.05, 0) is 93.3 Å². The number of nitrogens with zero attached hydrogens (tertiary/aromatic N) is 2. The summed E-state index contributed by atoms with van der Waals surface area (Å²) in [5.41, 5.74) is 2.12. The van der Waals surface area contributed by atoms with Gasteiger partial charge < -0.3 is 15.0 Å². The van der Waals surface area contributed by atoms with Gasteiger partial charge in [-0.15, -0.1) is 0 Å². The van der Waals surface area contributed by atoms with Crippen molar-refractivity contribution in [1.29, 1.82) is 0 Å². The van der Waals surface area contributed by atoms with Crippen LogP contribution in [0.4, 0.5) is 5.69 Å². The number of rotatable bonds is 14. The van der Waals surface area contributed by atoms with Gasteiger partial charge in [0.2, 0.25) is 11.8 Å². The number of halogens is 1. The number of ether oxygens (including phenoxy) is 1. The molecule has 0 fully saturated rings. The van der Waals surface area contributed by atoms with Crippen molar-refractivity contribution in [2.24, 2.45) is 0 Å². The maximum atomic E-state index is 14.2. The van der Waals surface area contributed by atoms with Gasteiger partial charge in [-0.3, -0.25) is 13.9 Å². The first kappa shape index (κ1) is 32.9. The van der Waals surface area contributed by atoms with Crippen LogP contribution in [0.15, 0.2) is 77.7 Å². The molecule has 0 bridgehead atoms. The molecule has 0 heterocycles. The van der Waals surface area contributed by atoms with Crippen LogP contribution in [0.25, 0.3) is 0 Å². The van der Waals surface area contributed by atoms with Crippen molar-refractivity contribution in [1.82, 2.24) is 10.2 Å². The van der Waals surface area contributed by atoms with Gasteiger partial charge in [-0.1, -0.05) is 49.7 Å². The quantitative estimate of drug-likeness (QED) is 0.242. The van der Waals surface area contributed by atoms with Gasteiger partial charge in [0.1, 0.15) is 18.3 Å². The first-order chi connectivity index (χ1) is 20.0. The van der Waals surface area contributed by atoms with Gasteiger partial charge in [-0.2, -0.15) is 0 Å². The average Bonchev–Trinajstić information content (AvgIpc) is 2.97. The fourth-order valence-electron chi connectivity index (χ4n) is 4.47. The Morgan fingerprint density at radius 3 is 2.14 bits per heavy atom. The minimum Gasteiger partial charge on any atom is -0.494 e.